The van der Waals surface area contributed by atoms with Gasteiger partial charge in [-0.2, -0.15) is 0 Å². The molecule has 0 unspecified atom stereocenters. The van der Waals surface area contributed by atoms with Crippen LogP contribution in [0.1, 0.15) is 122 Å². The molecule has 0 saturated carbocycles. The third kappa shape index (κ3) is 16.2. The lowest BCUT2D eigenvalue weighted by Crippen LogP contribution is -2.29. The molecule has 0 aromatic heterocycles. The molecule has 2 amide bonds. The highest BCUT2D eigenvalue weighted by Gasteiger charge is 2.06. The van der Waals surface area contributed by atoms with Gasteiger partial charge < -0.3 is 15.7 Å². The van der Waals surface area contributed by atoms with E-state index in [0.717, 1.165) is 12.8 Å². The molecule has 5 heteroatoms. The van der Waals surface area contributed by atoms with Crippen LogP contribution in [0.5, 0.6) is 5.75 Å². The zero-order valence-electron chi connectivity index (χ0n) is 20.4. The Balaban J connectivity index is 1.79. The molecule has 0 radical (unpaired) electrons. The van der Waals surface area contributed by atoms with Crippen LogP contribution in [0.4, 0.5) is 10.5 Å². The van der Waals surface area contributed by atoms with E-state index in [4.69, 9.17) is 11.6 Å². The average Bonchev–Trinajstić information content (AvgIpc) is 2.77. The largest absolute Gasteiger partial charge is 0.506 e. The summed E-state index contributed by atoms with van der Waals surface area (Å²) in [5.74, 6) is -0.0270. The number of phenols is 1. The summed E-state index contributed by atoms with van der Waals surface area (Å²) >= 11 is 5.79. The van der Waals surface area contributed by atoms with Gasteiger partial charge in [0.2, 0.25) is 0 Å². The molecule has 0 spiro atoms. The molecule has 0 aliphatic carbocycles. The summed E-state index contributed by atoms with van der Waals surface area (Å²) < 4.78 is 0. The minimum atomic E-state index is -0.297. The molecule has 0 aliphatic heterocycles. The van der Waals surface area contributed by atoms with Gasteiger partial charge in [-0.3, -0.25) is 0 Å². The Bertz CT molecular complexity index is 595. The highest BCUT2D eigenvalue weighted by atomic mass is 35.5. The van der Waals surface area contributed by atoms with Gasteiger partial charge in [0.05, 0.1) is 5.69 Å². The van der Waals surface area contributed by atoms with E-state index < -0.39 is 0 Å². The van der Waals surface area contributed by atoms with Crippen molar-refractivity contribution in [2.45, 2.75) is 122 Å². The van der Waals surface area contributed by atoms with Crippen LogP contribution >= 0.6 is 11.6 Å². The van der Waals surface area contributed by atoms with Crippen molar-refractivity contribution in [1.82, 2.24) is 5.32 Å². The van der Waals surface area contributed by atoms with Gasteiger partial charge in [0, 0.05) is 17.6 Å². The summed E-state index contributed by atoms with van der Waals surface area (Å²) in [6, 6.07) is 4.34. The van der Waals surface area contributed by atoms with Crippen LogP contribution < -0.4 is 10.6 Å². The van der Waals surface area contributed by atoms with Crippen molar-refractivity contribution < 1.29 is 9.90 Å². The summed E-state index contributed by atoms with van der Waals surface area (Å²) in [6.07, 6.45) is 24.4. The standard InChI is InChI=1S/C27H47ClN2O2/c1-2-3-4-5-6-7-8-9-10-11-12-13-14-15-16-17-18-19-22-29-27(32)30-25-21-20-24(28)23-26(25)31/h20-21,23,31H,2-19,22H2,1H3,(H2,29,30,32). The Hall–Kier alpha value is -1.42. The van der Waals surface area contributed by atoms with Crippen molar-refractivity contribution >= 4 is 23.3 Å². The summed E-state index contributed by atoms with van der Waals surface area (Å²) in [5, 5.41) is 15.7. The van der Waals surface area contributed by atoms with Gasteiger partial charge in [-0.1, -0.05) is 128 Å². The molecule has 0 aliphatic rings. The molecule has 0 fully saturated rings. The predicted molar refractivity (Wildman–Crippen MR) is 139 cm³/mol. The van der Waals surface area contributed by atoms with Crippen molar-refractivity contribution in [2.24, 2.45) is 0 Å². The maximum Gasteiger partial charge on any atom is 0.319 e. The molecular formula is C27H47ClN2O2. The van der Waals surface area contributed by atoms with E-state index in [2.05, 4.69) is 17.6 Å². The lowest BCUT2D eigenvalue weighted by molar-refractivity contribution is 0.251. The number of aromatic hydroxyl groups is 1. The number of unbranched alkanes of at least 4 members (excludes halogenated alkanes) is 17. The number of phenolic OH excluding ortho intramolecular Hbond substituents is 1. The Kier molecular flexibility index (Phi) is 18.1. The number of hydrogen-bond acceptors (Lipinski definition) is 2. The van der Waals surface area contributed by atoms with E-state index in [9.17, 15) is 9.90 Å². The first-order chi connectivity index (χ1) is 15.6. The highest BCUT2D eigenvalue weighted by molar-refractivity contribution is 6.30. The topological polar surface area (TPSA) is 61.4 Å². The van der Waals surface area contributed by atoms with Crippen LogP contribution in [0.2, 0.25) is 5.02 Å². The highest BCUT2D eigenvalue weighted by Crippen LogP contribution is 2.26. The second-order valence-corrected chi connectivity index (χ2v) is 9.49. The van der Waals surface area contributed by atoms with Gasteiger partial charge in [0.25, 0.3) is 0 Å². The summed E-state index contributed by atoms with van der Waals surface area (Å²) in [4.78, 5) is 11.9. The first-order valence-electron chi connectivity index (χ1n) is 13.2. The molecule has 1 aromatic carbocycles. The molecule has 1 rings (SSSR count). The minimum Gasteiger partial charge on any atom is -0.506 e. The number of hydrogen-bond donors (Lipinski definition) is 3. The van der Waals surface area contributed by atoms with Crippen molar-refractivity contribution in [3.63, 3.8) is 0 Å². The number of carbonyl (C=O) groups excluding carboxylic acids is 1. The lowest BCUT2D eigenvalue weighted by Gasteiger charge is -2.09. The normalized spacial score (nSPS) is 10.9. The summed E-state index contributed by atoms with van der Waals surface area (Å²) in [5.41, 5.74) is 0.365. The summed E-state index contributed by atoms with van der Waals surface area (Å²) in [7, 11) is 0. The van der Waals surface area contributed by atoms with Crippen molar-refractivity contribution in [3.8, 4) is 5.75 Å². The Labute approximate surface area is 201 Å². The molecule has 184 valence electrons. The average molecular weight is 467 g/mol. The monoisotopic (exact) mass is 466 g/mol. The fourth-order valence-electron chi connectivity index (χ4n) is 4.01. The van der Waals surface area contributed by atoms with Gasteiger partial charge in [-0.25, -0.2) is 4.79 Å². The Morgan fingerprint density at radius 2 is 1.19 bits per heavy atom. The predicted octanol–water partition coefficient (Wildman–Crippen LogP) is 9.21. The fourth-order valence-corrected chi connectivity index (χ4v) is 4.17. The number of amides is 2. The number of nitrogens with one attached hydrogen (secondary N) is 2. The molecular weight excluding hydrogens is 420 g/mol. The molecule has 0 heterocycles. The van der Waals surface area contributed by atoms with E-state index in [1.165, 1.54) is 109 Å². The second-order valence-electron chi connectivity index (χ2n) is 9.05. The Morgan fingerprint density at radius 3 is 1.62 bits per heavy atom. The maximum absolute atomic E-state index is 11.9. The van der Waals surface area contributed by atoms with Crippen molar-refractivity contribution in [2.75, 3.05) is 11.9 Å². The number of benzene rings is 1. The van der Waals surface area contributed by atoms with Crippen LogP contribution in [0, 0.1) is 0 Å². The van der Waals surface area contributed by atoms with Gasteiger partial charge in [0.15, 0.2) is 0 Å². The van der Waals surface area contributed by atoms with E-state index in [1.54, 1.807) is 12.1 Å². The van der Waals surface area contributed by atoms with Crippen molar-refractivity contribution in [3.05, 3.63) is 23.2 Å². The second kappa shape index (κ2) is 20.2. The molecule has 32 heavy (non-hydrogen) atoms. The minimum absolute atomic E-state index is 0.0270. The quantitative estimate of drug-likeness (QED) is 0.132. The molecule has 0 atom stereocenters. The SMILES string of the molecule is CCCCCCCCCCCCCCCCCCCCNC(=O)Nc1ccc(Cl)cc1O. The molecule has 3 N–H and O–H groups in total. The van der Waals surface area contributed by atoms with Gasteiger partial charge in [0.1, 0.15) is 5.75 Å². The first-order valence-corrected chi connectivity index (χ1v) is 13.5. The van der Waals surface area contributed by atoms with Gasteiger partial charge in [-0.15, -0.1) is 0 Å². The summed E-state index contributed by atoms with van der Waals surface area (Å²) in [6.45, 7) is 2.93. The molecule has 0 bridgehead atoms. The van der Waals surface area contributed by atoms with Gasteiger partial charge in [-0.05, 0) is 18.6 Å². The smallest absolute Gasteiger partial charge is 0.319 e. The van der Waals surface area contributed by atoms with E-state index in [0.29, 0.717) is 17.3 Å². The van der Waals surface area contributed by atoms with E-state index in [-0.39, 0.29) is 11.8 Å². The van der Waals surface area contributed by atoms with Crippen LogP contribution in [0.3, 0.4) is 0 Å². The maximum atomic E-state index is 11.9. The van der Waals surface area contributed by atoms with Crippen LogP contribution in [0.15, 0.2) is 18.2 Å². The van der Waals surface area contributed by atoms with Crippen LogP contribution in [-0.4, -0.2) is 17.7 Å². The molecule has 4 nitrogen and oxygen atoms in total. The zero-order chi connectivity index (χ0) is 23.3. The van der Waals surface area contributed by atoms with E-state index in [1.807, 2.05) is 0 Å². The molecule has 1 aromatic rings. The number of urea groups is 1. The molecule has 0 saturated heterocycles. The van der Waals surface area contributed by atoms with Gasteiger partial charge >= 0.3 is 6.03 Å². The van der Waals surface area contributed by atoms with Crippen molar-refractivity contribution in [1.29, 1.82) is 0 Å². The zero-order valence-corrected chi connectivity index (χ0v) is 21.2. The van der Waals surface area contributed by atoms with Crippen LogP contribution in [0.25, 0.3) is 0 Å². The third-order valence-corrected chi connectivity index (χ3v) is 6.26. The number of carbonyl (C=O) groups is 1. The fraction of sp³-hybridized carbons (Fsp3) is 0.741. The van der Waals surface area contributed by atoms with Crippen LogP contribution in [-0.2, 0) is 0 Å². The lowest BCUT2D eigenvalue weighted by atomic mass is 10.0. The first kappa shape index (κ1) is 28.6. The van der Waals surface area contributed by atoms with E-state index >= 15 is 0 Å². The Morgan fingerprint density at radius 1 is 0.750 bits per heavy atom. The number of rotatable bonds is 20. The number of anilines is 1. The number of halogens is 1. The third-order valence-electron chi connectivity index (χ3n) is 6.02.